The summed E-state index contributed by atoms with van der Waals surface area (Å²) in [5, 5.41) is 11.3. The second kappa shape index (κ2) is 6.52. The van der Waals surface area contributed by atoms with E-state index in [1.165, 1.54) is 32.1 Å². The molecule has 0 aliphatic heterocycles. The van der Waals surface area contributed by atoms with Crippen molar-refractivity contribution in [2.75, 3.05) is 0 Å². The average Bonchev–Trinajstić information content (AvgIpc) is 2.70. The smallest absolute Gasteiger partial charge is 0.138 e. The van der Waals surface area contributed by atoms with Gasteiger partial charge < -0.3 is 5.11 Å². The van der Waals surface area contributed by atoms with Crippen molar-refractivity contribution >= 4 is 5.78 Å². The van der Waals surface area contributed by atoms with Crippen LogP contribution in [0.15, 0.2) is 11.6 Å². The van der Waals surface area contributed by atoms with Gasteiger partial charge in [0.2, 0.25) is 0 Å². The lowest BCUT2D eigenvalue weighted by molar-refractivity contribution is -0.190. The summed E-state index contributed by atoms with van der Waals surface area (Å²) in [6.45, 7) is 19.2. The topological polar surface area (TPSA) is 37.3 Å². The van der Waals surface area contributed by atoms with Crippen LogP contribution >= 0.6 is 0 Å². The van der Waals surface area contributed by atoms with E-state index in [1.807, 2.05) is 0 Å². The number of aliphatic hydroxyl groups is 1. The zero-order valence-electron chi connectivity index (χ0n) is 22.1. The first-order valence-electron chi connectivity index (χ1n) is 13.6. The molecule has 0 amide bonds. The largest absolute Gasteiger partial charge is 0.390 e. The Balaban J connectivity index is 1.60. The van der Waals surface area contributed by atoms with Crippen molar-refractivity contribution in [3.8, 4) is 0 Å². The van der Waals surface area contributed by atoms with Gasteiger partial charge in [0.1, 0.15) is 5.78 Å². The summed E-state index contributed by atoms with van der Waals surface area (Å²) in [6.07, 6.45) is 12.8. The number of allylic oxidation sites excluding steroid dienone is 2. The normalized spacial score (nSPS) is 56.9. The van der Waals surface area contributed by atoms with Gasteiger partial charge in [-0.25, -0.2) is 0 Å². The lowest BCUT2D eigenvalue weighted by Gasteiger charge is -2.71. The Morgan fingerprint density at radius 1 is 0.875 bits per heavy atom. The molecule has 1 N–H and O–H groups in total. The van der Waals surface area contributed by atoms with Crippen LogP contribution in [-0.4, -0.2) is 16.5 Å². The van der Waals surface area contributed by atoms with Crippen molar-refractivity contribution in [2.45, 2.75) is 119 Å². The molecule has 0 aromatic heterocycles. The van der Waals surface area contributed by atoms with E-state index >= 15 is 0 Å². The molecule has 0 bridgehead atoms. The molecule has 180 valence electrons. The van der Waals surface area contributed by atoms with E-state index in [4.69, 9.17) is 0 Å². The fraction of sp³-hybridized carbons (Fsp3) is 0.900. The fourth-order valence-electron chi connectivity index (χ4n) is 10.6. The van der Waals surface area contributed by atoms with Crippen LogP contribution in [0, 0.1) is 50.7 Å². The van der Waals surface area contributed by atoms with Gasteiger partial charge in [-0.15, -0.1) is 0 Å². The number of carbonyl (C=O) groups is 1. The standard InChI is InChI=1S/C30H48O2/c1-19-24-20-9-10-22-27(5)13-12-23(31)25(2,3)21(27)11-14-29(22,7)28(20,6)17-15-26(24,4)16-18-30(19,8)32/h9,19,21-22,24,32H,10-18H2,1-8H3/t19-,21+,22-,24+,26+,27+,28-,29-,30+/m1/s1. The Kier molecular flexibility index (Phi) is 4.71. The van der Waals surface area contributed by atoms with Gasteiger partial charge in [0.15, 0.2) is 0 Å². The van der Waals surface area contributed by atoms with Gasteiger partial charge in [-0.1, -0.05) is 60.1 Å². The second-order valence-corrected chi connectivity index (χ2v) is 14.7. The third-order valence-corrected chi connectivity index (χ3v) is 13.2. The number of hydrogen-bond donors (Lipinski definition) is 1. The summed E-state index contributed by atoms with van der Waals surface area (Å²) in [6, 6.07) is 0. The zero-order chi connectivity index (χ0) is 23.5. The molecule has 2 nitrogen and oxygen atoms in total. The molecule has 2 heteroatoms. The Morgan fingerprint density at radius 2 is 1.53 bits per heavy atom. The number of hydrogen-bond acceptors (Lipinski definition) is 2. The molecule has 32 heavy (non-hydrogen) atoms. The molecule has 0 radical (unpaired) electrons. The van der Waals surface area contributed by atoms with Gasteiger partial charge in [0.25, 0.3) is 0 Å². The van der Waals surface area contributed by atoms with Crippen LogP contribution in [-0.2, 0) is 4.79 Å². The first-order chi connectivity index (χ1) is 14.6. The molecule has 0 aromatic rings. The molecule has 0 aromatic carbocycles. The summed E-state index contributed by atoms with van der Waals surface area (Å²) in [5.74, 6) is 2.46. The Bertz CT molecular complexity index is 866. The van der Waals surface area contributed by atoms with Crippen LogP contribution in [0.25, 0.3) is 0 Å². The van der Waals surface area contributed by atoms with E-state index < -0.39 is 5.60 Å². The highest BCUT2D eigenvalue weighted by molar-refractivity contribution is 5.85. The Hall–Kier alpha value is -0.630. The van der Waals surface area contributed by atoms with Crippen LogP contribution in [0.4, 0.5) is 0 Å². The molecule has 0 unspecified atom stereocenters. The zero-order valence-corrected chi connectivity index (χ0v) is 22.1. The lowest BCUT2D eigenvalue weighted by Crippen LogP contribution is -2.65. The fourth-order valence-corrected chi connectivity index (χ4v) is 10.6. The lowest BCUT2D eigenvalue weighted by atomic mass is 9.33. The predicted molar refractivity (Wildman–Crippen MR) is 131 cm³/mol. The van der Waals surface area contributed by atoms with Crippen molar-refractivity contribution in [1.29, 1.82) is 0 Å². The van der Waals surface area contributed by atoms with Crippen LogP contribution in [0.3, 0.4) is 0 Å². The van der Waals surface area contributed by atoms with Gasteiger partial charge in [0, 0.05) is 11.8 Å². The SMILES string of the molecule is C[C@@H]1[C@H]2C3=CC[C@@H]4[C@@]5(C)CCC(=O)C(C)(C)[C@@H]5CC[C@@]4(C)[C@]3(C)CC[C@@]2(C)CC[C@]1(C)O. The van der Waals surface area contributed by atoms with Gasteiger partial charge in [-0.2, -0.15) is 0 Å². The summed E-state index contributed by atoms with van der Waals surface area (Å²) in [5.41, 5.74) is 2.03. The number of carbonyl (C=O) groups excluding carboxylic acids is 1. The maximum absolute atomic E-state index is 12.9. The van der Waals surface area contributed by atoms with Crippen LogP contribution < -0.4 is 0 Å². The van der Waals surface area contributed by atoms with Crippen molar-refractivity contribution < 1.29 is 9.90 Å². The molecular formula is C30H48O2. The summed E-state index contributed by atoms with van der Waals surface area (Å²) >= 11 is 0. The van der Waals surface area contributed by atoms with Gasteiger partial charge in [0.05, 0.1) is 5.60 Å². The number of ketones is 1. The number of fused-ring (bicyclic) bond motifs is 7. The minimum atomic E-state index is -0.557. The van der Waals surface area contributed by atoms with Gasteiger partial charge in [-0.05, 0) is 104 Å². The maximum Gasteiger partial charge on any atom is 0.138 e. The first kappa shape index (κ1) is 23.1. The monoisotopic (exact) mass is 440 g/mol. The summed E-state index contributed by atoms with van der Waals surface area (Å²) in [4.78, 5) is 12.9. The quantitative estimate of drug-likeness (QED) is 0.400. The molecule has 0 saturated heterocycles. The van der Waals surface area contributed by atoms with Gasteiger partial charge >= 0.3 is 0 Å². The molecule has 5 aliphatic rings. The Morgan fingerprint density at radius 3 is 2.22 bits per heavy atom. The molecule has 0 spiro atoms. The summed E-state index contributed by atoms with van der Waals surface area (Å²) in [7, 11) is 0. The second-order valence-electron chi connectivity index (χ2n) is 14.7. The molecule has 5 aliphatic carbocycles. The Labute approximate surface area is 197 Å². The van der Waals surface area contributed by atoms with Crippen molar-refractivity contribution in [3.05, 3.63) is 11.6 Å². The van der Waals surface area contributed by atoms with E-state index in [-0.39, 0.29) is 21.7 Å². The van der Waals surface area contributed by atoms with Crippen LogP contribution in [0.5, 0.6) is 0 Å². The first-order valence-corrected chi connectivity index (χ1v) is 13.6. The van der Waals surface area contributed by atoms with Crippen molar-refractivity contribution in [2.24, 2.45) is 50.7 Å². The van der Waals surface area contributed by atoms with E-state index in [2.05, 4.69) is 61.5 Å². The predicted octanol–water partition coefficient (Wildman–Crippen LogP) is 7.35. The van der Waals surface area contributed by atoms with Crippen LogP contribution in [0.1, 0.15) is 113 Å². The molecule has 4 saturated carbocycles. The highest BCUT2D eigenvalue weighted by Crippen LogP contribution is 2.75. The highest BCUT2D eigenvalue weighted by Gasteiger charge is 2.68. The van der Waals surface area contributed by atoms with E-state index in [0.717, 1.165) is 25.7 Å². The van der Waals surface area contributed by atoms with Crippen molar-refractivity contribution in [1.82, 2.24) is 0 Å². The number of rotatable bonds is 0. The molecule has 9 atom stereocenters. The van der Waals surface area contributed by atoms with Gasteiger partial charge in [-0.3, -0.25) is 4.79 Å². The van der Waals surface area contributed by atoms with Crippen LogP contribution in [0.2, 0.25) is 0 Å². The molecule has 5 rings (SSSR count). The number of Topliss-reactive ketones (excluding diaryl/α,β-unsaturated/α-hetero) is 1. The highest BCUT2D eigenvalue weighted by atomic mass is 16.3. The maximum atomic E-state index is 12.9. The van der Waals surface area contributed by atoms with E-state index in [0.29, 0.717) is 34.9 Å². The molecule has 0 heterocycles. The van der Waals surface area contributed by atoms with Crippen molar-refractivity contribution in [3.63, 3.8) is 0 Å². The third-order valence-electron chi connectivity index (χ3n) is 13.2. The minimum Gasteiger partial charge on any atom is -0.390 e. The summed E-state index contributed by atoms with van der Waals surface area (Å²) < 4.78 is 0. The third kappa shape index (κ3) is 2.60. The van der Waals surface area contributed by atoms with E-state index in [9.17, 15) is 9.90 Å². The molecular weight excluding hydrogens is 392 g/mol. The minimum absolute atomic E-state index is 0.180. The average molecular weight is 441 g/mol. The molecule has 4 fully saturated rings. The van der Waals surface area contributed by atoms with E-state index in [1.54, 1.807) is 5.57 Å².